The van der Waals surface area contributed by atoms with Crippen LogP contribution in [-0.2, 0) is 11.8 Å². The molecule has 0 bridgehead atoms. The molecule has 0 aliphatic carbocycles. The van der Waals surface area contributed by atoms with E-state index in [4.69, 9.17) is 10.5 Å². The second-order valence-electron chi connectivity index (χ2n) is 7.33. The van der Waals surface area contributed by atoms with Gasteiger partial charge in [0, 0.05) is 35.3 Å². The lowest BCUT2D eigenvalue weighted by Gasteiger charge is -2.43. The third-order valence-electron chi connectivity index (χ3n) is 5.75. The number of rotatable bonds is 3. The molecular weight excluding hydrogens is 354 g/mol. The molecule has 4 rings (SSSR count). The number of nitrogens with two attached hydrogens (primary N) is 1. The smallest absolute Gasteiger partial charge is 0.253 e. The van der Waals surface area contributed by atoms with Gasteiger partial charge in [-0.1, -0.05) is 31.5 Å². The largest absolute Gasteiger partial charge is 0.420 e. The van der Waals surface area contributed by atoms with Crippen LogP contribution in [-0.4, -0.2) is 34.1 Å². The fourth-order valence-corrected chi connectivity index (χ4v) is 4.39. The van der Waals surface area contributed by atoms with E-state index < -0.39 is 5.41 Å². The highest BCUT2D eigenvalue weighted by molar-refractivity contribution is 5.94. The topological polar surface area (TPSA) is 108 Å². The number of benzene rings is 1. The lowest BCUT2D eigenvalue weighted by atomic mass is 9.66. The normalized spacial score (nSPS) is 17.8. The van der Waals surface area contributed by atoms with E-state index in [2.05, 4.69) is 23.2 Å². The summed E-state index contributed by atoms with van der Waals surface area (Å²) in [5.41, 5.74) is 8.57. The van der Waals surface area contributed by atoms with E-state index in [-0.39, 0.29) is 11.8 Å². The average molecular weight is 377 g/mol. The predicted octanol–water partition coefficient (Wildman–Crippen LogP) is 2.62. The summed E-state index contributed by atoms with van der Waals surface area (Å²) in [7, 11) is 0. The average Bonchev–Trinajstić information content (AvgIpc) is 3.12. The Morgan fingerprint density at radius 3 is 2.71 bits per heavy atom. The molecule has 0 radical (unpaired) electrons. The van der Waals surface area contributed by atoms with Gasteiger partial charge >= 0.3 is 0 Å². The Morgan fingerprint density at radius 1 is 1.36 bits per heavy atom. The van der Waals surface area contributed by atoms with E-state index in [0.717, 1.165) is 24.1 Å². The molecule has 144 valence electrons. The van der Waals surface area contributed by atoms with Crippen LogP contribution in [0.4, 0.5) is 0 Å². The van der Waals surface area contributed by atoms with Crippen LogP contribution in [0.1, 0.15) is 47.8 Å². The minimum Gasteiger partial charge on any atom is -0.420 e. The number of carbonyl (C=O) groups excluding carboxylic acids is 1. The number of nitrogens with zero attached hydrogens (tertiary/aromatic N) is 3. The van der Waals surface area contributed by atoms with Gasteiger partial charge in [0.1, 0.15) is 11.6 Å². The number of H-pyrrole nitrogens is 1. The van der Waals surface area contributed by atoms with Crippen molar-refractivity contribution in [2.24, 2.45) is 5.73 Å². The van der Waals surface area contributed by atoms with Crippen molar-refractivity contribution in [2.45, 2.75) is 38.0 Å². The van der Waals surface area contributed by atoms with Gasteiger partial charge in [0.25, 0.3) is 5.91 Å². The molecule has 2 aliphatic rings. The molecule has 3 heterocycles. The molecule has 1 fully saturated rings. The predicted molar refractivity (Wildman–Crippen MR) is 103 cm³/mol. The van der Waals surface area contributed by atoms with E-state index in [0.29, 0.717) is 42.9 Å². The van der Waals surface area contributed by atoms with Crippen molar-refractivity contribution in [1.29, 1.82) is 5.26 Å². The maximum atomic E-state index is 12.8. The van der Waals surface area contributed by atoms with Crippen LogP contribution in [0.15, 0.2) is 41.8 Å². The van der Waals surface area contributed by atoms with Crippen molar-refractivity contribution in [3.8, 4) is 11.9 Å². The number of fused-ring (bicyclic) bond motifs is 2. The number of carbonyl (C=O) groups is 1. The molecule has 0 unspecified atom stereocenters. The van der Waals surface area contributed by atoms with E-state index >= 15 is 0 Å². The Hall–Kier alpha value is -3.27. The Labute approximate surface area is 163 Å². The highest BCUT2D eigenvalue weighted by atomic mass is 16.5. The number of nitrogens with one attached hydrogen (secondary N) is 1. The minimum atomic E-state index is -0.558. The van der Waals surface area contributed by atoms with E-state index in [1.54, 1.807) is 0 Å². The Bertz CT molecular complexity index is 962. The summed E-state index contributed by atoms with van der Waals surface area (Å²) in [4.78, 5) is 14.7. The maximum absolute atomic E-state index is 12.8. The fourth-order valence-electron chi connectivity index (χ4n) is 4.39. The molecule has 3 N–H and O–H groups in total. The van der Waals surface area contributed by atoms with Gasteiger partial charge in [0.05, 0.1) is 0 Å². The summed E-state index contributed by atoms with van der Waals surface area (Å²) in [6, 6.07) is 11.6. The van der Waals surface area contributed by atoms with Gasteiger partial charge in [0.2, 0.25) is 11.8 Å². The second-order valence-corrected chi connectivity index (χ2v) is 7.33. The Morgan fingerprint density at radius 2 is 2.07 bits per heavy atom. The van der Waals surface area contributed by atoms with Crippen molar-refractivity contribution in [2.75, 3.05) is 13.1 Å². The first-order chi connectivity index (χ1) is 13.6. The van der Waals surface area contributed by atoms with Gasteiger partial charge in [-0.05, 0) is 31.4 Å². The van der Waals surface area contributed by atoms with Gasteiger partial charge in [-0.25, -0.2) is 0 Å². The van der Waals surface area contributed by atoms with Crippen LogP contribution in [0.3, 0.4) is 0 Å². The van der Waals surface area contributed by atoms with Crippen LogP contribution >= 0.6 is 0 Å². The lowest BCUT2D eigenvalue weighted by Crippen LogP contribution is -2.48. The van der Waals surface area contributed by atoms with Crippen LogP contribution in [0.2, 0.25) is 0 Å². The van der Waals surface area contributed by atoms with E-state index in [1.165, 1.54) is 0 Å². The third kappa shape index (κ3) is 2.73. The molecule has 1 aromatic carbocycles. The first kappa shape index (κ1) is 18.1. The molecule has 0 saturated carbocycles. The number of likely N-dealkylation sites (tertiary alicyclic amines) is 1. The number of hydrogen-bond donors (Lipinski definition) is 2. The van der Waals surface area contributed by atoms with Crippen LogP contribution < -0.4 is 10.5 Å². The van der Waals surface area contributed by atoms with Gasteiger partial charge in [-0.15, -0.1) is 5.10 Å². The molecule has 1 saturated heterocycles. The summed E-state index contributed by atoms with van der Waals surface area (Å²) in [6.45, 7) is 3.19. The van der Waals surface area contributed by atoms with Crippen molar-refractivity contribution in [3.63, 3.8) is 0 Å². The van der Waals surface area contributed by atoms with Gasteiger partial charge in [-0.2, -0.15) is 5.26 Å². The zero-order valence-corrected chi connectivity index (χ0v) is 15.9. The van der Waals surface area contributed by atoms with E-state index in [1.807, 2.05) is 35.2 Å². The second kappa shape index (κ2) is 7.04. The molecule has 0 atom stereocenters. The van der Waals surface area contributed by atoms with Crippen molar-refractivity contribution in [1.82, 2.24) is 15.1 Å². The number of aryl methyl sites for hydroxylation is 1. The lowest BCUT2D eigenvalue weighted by molar-refractivity contribution is 0.0680. The number of hydrogen-bond acceptors (Lipinski definition) is 5. The zero-order valence-electron chi connectivity index (χ0n) is 15.9. The monoisotopic (exact) mass is 377 g/mol. The molecule has 2 aliphatic heterocycles. The molecular formula is C21H23N5O2. The summed E-state index contributed by atoms with van der Waals surface area (Å²) in [5, 5.41) is 17.2. The molecule has 7 nitrogen and oxygen atoms in total. The number of aromatic amines is 1. The molecule has 1 aromatic heterocycles. The number of amides is 1. The molecule has 1 amide bonds. The summed E-state index contributed by atoms with van der Waals surface area (Å²) in [6.07, 6.45) is 2.99. The Balaban J connectivity index is 1.67. The first-order valence-electron chi connectivity index (χ1n) is 9.61. The molecule has 2 aromatic rings. The van der Waals surface area contributed by atoms with Gasteiger partial charge in [0.15, 0.2) is 0 Å². The fraction of sp³-hybridized carbons (Fsp3) is 0.381. The van der Waals surface area contributed by atoms with E-state index in [9.17, 15) is 10.1 Å². The molecule has 7 heteroatoms. The van der Waals surface area contributed by atoms with Crippen LogP contribution in [0, 0.1) is 11.3 Å². The molecule has 1 spiro atoms. The zero-order chi connectivity index (χ0) is 19.7. The van der Waals surface area contributed by atoms with Crippen LogP contribution in [0.25, 0.3) is 0 Å². The number of piperidine rings is 1. The number of ether oxygens (including phenoxy) is 1. The highest BCUT2D eigenvalue weighted by Gasteiger charge is 2.49. The Kier molecular flexibility index (Phi) is 4.55. The maximum Gasteiger partial charge on any atom is 0.253 e. The number of allylic oxidation sites excluding steroid dienone is 1. The van der Waals surface area contributed by atoms with Crippen LogP contribution in [0.5, 0.6) is 5.88 Å². The molecule has 28 heavy (non-hydrogen) atoms. The van der Waals surface area contributed by atoms with Crippen molar-refractivity contribution < 1.29 is 9.53 Å². The quantitative estimate of drug-likeness (QED) is 0.855. The third-order valence-corrected chi connectivity index (χ3v) is 5.75. The van der Waals surface area contributed by atoms with Gasteiger partial charge in [-0.3, -0.25) is 9.89 Å². The minimum absolute atomic E-state index is 0.0131. The summed E-state index contributed by atoms with van der Waals surface area (Å²) in [5.74, 6) is 0.592. The summed E-state index contributed by atoms with van der Waals surface area (Å²) >= 11 is 0. The van der Waals surface area contributed by atoms with Gasteiger partial charge < -0.3 is 15.4 Å². The SMILES string of the molecule is CCCc1[nH]nc2c1C1(CCN(C(=O)c3ccccc3)CC1)C(C#N)=C(N)O2. The summed E-state index contributed by atoms with van der Waals surface area (Å²) < 4.78 is 5.65. The van der Waals surface area contributed by atoms with Crippen molar-refractivity contribution >= 4 is 5.91 Å². The van der Waals surface area contributed by atoms with Crippen molar-refractivity contribution in [3.05, 3.63) is 58.6 Å². The standard InChI is InChI=1S/C21H23N5O2/c1-2-6-16-17-19(25-24-16)28-18(23)15(13-22)21(17)9-11-26(12-10-21)20(27)14-7-4-3-5-8-14/h3-5,7-8H,2,6,9-12,23H2,1H3,(H,24,25). The first-order valence-corrected chi connectivity index (χ1v) is 9.61. The highest BCUT2D eigenvalue weighted by Crippen LogP contribution is 2.50. The number of nitriles is 1. The number of aromatic nitrogens is 2.